The summed E-state index contributed by atoms with van der Waals surface area (Å²) >= 11 is 0. The first-order chi connectivity index (χ1) is 7.20. The Bertz CT molecular complexity index is 522. The predicted molar refractivity (Wildman–Crippen MR) is 56.6 cm³/mol. The van der Waals surface area contributed by atoms with Gasteiger partial charge in [-0.15, -0.1) is 0 Å². The van der Waals surface area contributed by atoms with Crippen LogP contribution in [0.4, 0.5) is 4.79 Å². The van der Waals surface area contributed by atoms with E-state index < -0.39 is 15.3 Å². The van der Waals surface area contributed by atoms with E-state index in [1.165, 1.54) is 9.40 Å². The highest BCUT2D eigenvalue weighted by atomic mass is 35.7. The molecule has 1 rings (SSSR count). The number of nitrogens with zero attached hydrogens (tertiary/aromatic N) is 2. The fourth-order valence-corrected chi connectivity index (χ4v) is 1.54. The molecule has 1 heterocycles. The Labute approximate surface area is 96.9 Å². The van der Waals surface area contributed by atoms with Gasteiger partial charge in [-0.3, -0.25) is 4.68 Å². The highest BCUT2D eigenvalue weighted by molar-refractivity contribution is 8.12. The van der Waals surface area contributed by atoms with Gasteiger partial charge in [-0.25, -0.2) is 9.52 Å². The molecule has 0 aliphatic heterocycles. The number of rotatable bonds is 2. The van der Waals surface area contributed by atoms with Crippen molar-refractivity contribution < 1.29 is 17.9 Å². The fourth-order valence-electron chi connectivity index (χ4n) is 1.11. The highest BCUT2D eigenvalue weighted by Gasteiger charge is 2.17. The molecule has 1 N–H and O–H groups in total. The molecule has 0 fully saturated rings. The minimum atomic E-state index is -4.14. The molecule has 0 radical (unpaired) electrons. The first kappa shape index (κ1) is 12.8. The molecule has 0 unspecified atom stereocenters. The van der Waals surface area contributed by atoms with Crippen molar-refractivity contribution in [1.82, 2.24) is 14.5 Å². The van der Waals surface area contributed by atoms with Crippen LogP contribution in [0.1, 0.15) is 11.4 Å². The van der Waals surface area contributed by atoms with E-state index in [1.54, 1.807) is 20.9 Å². The Balaban J connectivity index is 2.85. The average molecular weight is 268 g/mol. The quantitative estimate of drug-likeness (QED) is 0.793. The number of carbonyl (C=O) groups is 1. The van der Waals surface area contributed by atoms with Crippen molar-refractivity contribution in [3.8, 4) is 5.75 Å². The van der Waals surface area contributed by atoms with Gasteiger partial charge in [-0.1, -0.05) is 0 Å². The van der Waals surface area contributed by atoms with Crippen molar-refractivity contribution in [3.05, 3.63) is 11.4 Å². The van der Waals surface area contributed by atoms with Crippen molar-refractivity contribution >= 4 is 26.0 Å². The van der Waals surface area contributed by atoms with Gasteiger partial charge < -0.3 is 4.74 Å². The summed E-state index contributed by atoms with van der Waals surface area (Å²) in [6.07, 6.45) is -1.17. The minimum Gasteiger partial charge on any atom is -0.406 e. The Kier molecular flexibility index (Phi) is 3.44. The van der Waals surface area contributed by atoms with Gasteiger partial charge >= 0.3 is 15.3 Å². The summed E-state index contributed by atoms with van der Waals surface area (Å²) in [5, 5.41) is 3.99. The van der Waals surface area contributed by atoms with Crippen LogP contribution in [0.5, 0.6) is 5.75 Å². The van der Waals surface area contributed by atoms with Crippen LogP contribution >= 0.6 is 10.7 Å². The molecule has 0 spiro atoms. The van der Waals surface area contributed by atoms with Gasteiger partial charge in [0.25, 0.3) is 0 Å². The van der Waals surface area contributed by atoms with Crippen LogP contribution in [-0.4, -0.2) is 24.3 Å². The minimum absolute atomic E-state index is 0.209. The van der Waals surface area contributed by atoms with Gasteiger partial charge in [0.15, 0.2) is 5.75 Å². The topological polar surface area (TPSA) is 90.3 Å². The summed E-state index contributed by atoms with van der Waals surface area (Å²) in [6, 6.07) is 0. The molecule has 1 aromatic rings. The van der Waals surface area contributed by atoms with E-state index in [-0.39, 0.29) is 5.75 Å². The molecule has 0 saturated heterocycles. The smallest absolute Gasteiger partial charge is 0.406 e. The van der Waals surface area contributed by atoms with Crippen LogP contribution in [0, 0.1) is 13.8 Å². The van der Waals surface area contributed by atoms with E-state index in [0.29, 0.717) is 11.4 Å². The van der Waals surface area contributed by atoms with Crippen LogP contribution in [0.3, 0.4) is 0 Å². The van der Waals surface area contributed by atoms with Crippen LogP contribution < -0.4 is 9.46 Å². The molecule has 90 valence electrons. The summed E-state index contributed by atoms with van der Waals surface area (Å²) in [5.41, 5.74) is 1.07. The van der Waals surface area contributed by atoms with Crippen molar-refractivity contribution in [3.63, 3.8) is 0 Å². The monoisotopic (exact) mass is 267 g/mol. The third kappa shape index (κ3) is 3.11. The van der Waals surface area contributed by atoms with Gasteiger partial charge in [0.1, 0.15) is 5.69 Å². The van der Waals surface area contributed by atoms with Gasteiger partial charge in [0.2, 0.25) is 0 Å². The standard InChI is InChI=1S/C7H10ClN3O4S/c1-4-6(5(2)11(3)9-4)15-7(12)10-16(8,13)14/h1-3H3,(H,10,12). The van der Waals surface area contributed by atoms with E-state index in [2.05, 4.69) is 5.10 Å². The molecule has 0 atom stereocenters. The first-order valence-corrected chi connectivity index (χ1v) is 6.46. The third-order valence-electron chi connectivity index (χ3n) is 1.84. The van der Waals surface area contributed by atoms with Gasteiger partial charge in [0.05, 0.1) is 5.69 Å². The number of ether oxygens (including phenoxy) is 1. The van der Waals surface area contributed by atoms with Crippen LogP contribution in [-0.2, 0) is 16.3 Å². The molecule has 0 bridgehead atoms. The molecule has 0 aromatic carbocycles. The Morgan fingerprint density at radius 3 is 2.44 bits per heavy atom. The van der Waals surface area contributed by atoms with Crippen molar-refractivity contribution in [1.29, 1.82) is 0 Å². The molecule has 1 aromatic heterocycles. The van der Waals surface area contributed by atoms with E-state index in [0.717, 1.165) is 0 Å². The largest absolute Gasteiger partial charge is 0.427 e. The highest BCUT2D eigenvalue weighted by Crippen LogP contribution is 2.21. The Hall–Kier alpha value is -1.28. The zero-order valence-corrected chi connectivity index (χ0v) is 10.4. The maximum atomic E-state index is 11.1. The zero-order chi connectivity index (χ0) is 12.5. The number of carbonyl (C=O) groups excluding carboxylic acids is 1. The SMILES string of the molecule is Cc1nn(C)c(C)c1OC(=O)NS(=O)(=O)Cl. The summed E-state index contributed by atoms with van der Waals surface area (Å²) < 4.78 is 28.8. The molecule has 16 heavy (non-hydrogen) atoms. The molecule has 0 aliphatic rings. The predicted octanol–water partition coefficient (Wildman–Crippen LogP) is 0.609. The van der Waals surface area contributed by atoms with Crippen LogP contribution in [0.25, 0.3) is 0 Å². The van der Waals surface area contributed by atoms with Crippen molar-refractivity contribution in [2.24, 2.45) is 7.05 Å². The number of nitrogens with one attached hydrogen (secondary N) is 1. The second-order valence-corrected chi connectivity index (χ2v) is 5.35. The molecular weight excluding hydrogens is 258 g/mol. The number of hydrogen-bond donors (Lipinski definition) is 1. The van der Waals surface area contributed by atoms with Crippen molar-refractivity contribution in [2.45, 2.75) is 13.8 Å². The van der Waals surface area contributed by atoms with Gasteiger partial charge in [-0.2, -0.15) is 13.5 Å². The number of aromatic nitrogens is 2. The van der Waals surface area contributed by atoms with E-state index >= 15 is 0 Å². The van der Waals surface area contributed by atoms with E-state index in [1.807, 2.05) is 0 Å². The first-order valence-electron chi connectivity index (χ1n) is 4.15. The third-order valence-corrected chi connectivity index (χ3v) is 2.48. The lowest BCUT2D eigenvalue weighted by atomic mass is 10.3. The molecule has 9 heteroatoms. The van der Waals surface area contributed by atoms with Crippen LogP contribution in [0.15, 0.2) is 0 Å². The average Bonchev–Trinajstić information content (AvgIpc) is 2.29. The van der Waals surface area contributed by atoms with E-state index in [4.69, 9.17) is 15.4 Å². The summed E-state index contributed by atoms with van der Waals surface area (Å²) in [5.74, 6) is 0.209. The molecule has 7 nitrogen and oxygen atoms in total. The maximum Gasteiger partial charge on any atom is 0.427 e. The van der Waals surface area contributed by atoms with Crippen molar-refractivity contribution in [2.75, 3.05) is 0 Å². The number of aryl methyl sites for hydroxylation is 2. The Morgan fingerprint density at radius 2 is 2.06 bits per heavy atom. The second kappa shape index (κ2) is 4.30. The molecule has 0 saturated carbocycles. The summed E-state index contributed by atoms with van der Waals surface area (Å²) in [4.78, 5) is 11.1. The molecule has 1 amide bonds. The number of hydrogen-bond acceptors (Lipinski definition) is 5. The van der Waals surface area contributed by atoms with Gasteiger partial charge in [-0.05, 0) is 13.8 Å². The van der Waals surface area contributed by atoms with Crippen LogP contribution in [0.2, 0.25) is 0 Å². The Morgan fingerprint density at radius 1 is 1.50 bits per heavy atom. The lowest BCUT2D eigenvalue weighted by Gasteiger charge is -2.03. The molecule has 0 aliphatic carbocycles. The lowest BCUT2D eigenvalue weighted by Crippen LogP contribution is -2.29. The molecular formula is C7H10ClN3O4S. The van der Waals surface area contributed by atoms with E-state index in [9.17, 15) is 13.2 Å². The maximum absolute atomic E-state index is 11.1. The van der Waals surface area contributed by atoms with Gasteiger partial charge in [0, 0.05) is 17.7 Å². The summed E-state index contributed by atoms with van der Waals surface area (Å²) in [7, 11) is 2.35. The number of amides is 1. The fraction of sp³-hybridized carbons (Fsp3) is 0.429. The normalized spacial score (nSPS) is 11.2. The summed E-state index contributed by atoms with van der Waals surface area (Å²) in [6.45, 7) is 3.31. The zero-order valence-electron chi connectivity index (χ0n) is 8.81. The number of halogens is 1. The lowest BCUT2D eigenvalue weighted by molar-refractivity contribution is 0.206. The second-order valence-electron chi connectivity index (χ2n) is 3.05.